The third kappa shape index (κ3) is 3.23. The Bertz CT molecular complexity index is 671. The van der Waals surface area contributed by atoms with E-state index in [1.165, 1.54) is 4.68 Å². The van der Waals surface area contributed by atoms with E-state index in [0.717, 1.165) is 28.2 Å². The maximum atomic E-state index is 12.4. The lowest BCUT2D eigenvalue weighted by Gasteiger charge is -2.07. The van der Waals surface area contributed by atoms with Crippen molar-refractivity contribution in [1.29, 1.82) is 0 Å². The van der Waals surface area contributed by atoms with Gasteiger partial charge in [0, 0.05) is 18.8 Å². The highest BCUT2D eigenvalue weighted by Gasteiger charge is 2.33. The third-order valence-electron chi connectivity index (χ3n) is 3.02. The number of amides is 1. The van der Waals surface area contributed by atoms with Gasteiger partial charge in [0.2, 0.25) is 5.91 Å². The van der Waals surface area contributed by atoms with Crippen molar-refractivity contribution < 1.29 is 18.0 Å². The standard InChI is InChI=1S/C12H14F3N5O/c1-7-8(2)17-19(3)11(7)16-10(21)6-20-5-4-9(18-20)12(13,14)15/h4-5H,6H2,1-3H3,(H,16,21). The number of carbonyl (C=O) groups excluding carboxylic acids is 1. The van der Waals surface area contributed by atoms with Crippen molar-refractivity contribution in [2.45, 2.75) is 26.6 Å². The number of hydrogen-bond donors (Lipinski definition) is 1. The Morgan fingerprint density at radius 1 is 1.33 bits per heavy atom. The van der Waals surface area contributed by atoms with Gasteiger partial charge in [-0.1, -0.05) is 0 Å². The minimum Gasteiger partial charge on any atom is -0.309 e. The number of aryl methyl sites for hydroxylation is 2. The molecule has 0 fully saturated rings. The molecule has 0 bridgehead atoms. The molecule has 0 aromatic carbocycles. The van der Waals surface area contributed by atoms with Crippen LogP contribution in [-0.2, 0) is 24.6 Å². The molecule has 1 amide bonds. The molecule has 0 spiro atoms. The second-order valence-corrected chi connectivity index (χ2v) is 4.63. The highest BCUT2D eigenvalue weighted by atomic mass is 19.4. The highest BCUT2D eigenvalue weighted by molar-refractivity contribution is 5.90. The number of carbonyl (C=O) groups is 1. The van der Waals surface area contributed by atoms with Gasteiger partial charge >= 0.3 is 6.18 Å². The average molecular weight is 301 g/mol. The largest absolute Gasteiger partial charge is 0.435 e. The van der Waals surface area contributed by atoms with Gasteiger partial charge in [-0.3, -0.25) is 14.2 Å². The van der Waals surface area contributed by atoms with Crippen LogP contribution in [0.4, 0.5) is 19.0 Å². The zero-order valence-electron chi connectivity index (χ0n) is 11.7. The molecule has 0 radical (unpaired) electrons. The minimum absolute atomic E-state index is 0.306. The van der Waals surface area contributed by atoms with Gasteiger partial charge in [-0.25, -0.2) is 0 Å². The molecule has 9 heteroatoms. The summed E-state index contributed by atoms with van der Waals surface area (Å²) in [6, 6.07) is 0.826. The molecule has 2 heterocycles. The second kappa shape index (κ2) is 5.23. The SMILES string of the molecule is Cc1nn(C)c(NC(=O)Cn2ccc(C(F)(F)F)n2)c1C. The normalized spacial score (nSPS) is 11.7. The van der Waals surface area contributed by atoms with Gasteiger partial charge in [0.1, 0.15) is 12.4 Å². The molecular weight excluding hydrogens is 287 g/mol. The maximum absolute atomic E-state index is 12.4. The first-order valence-electron chi connectivity index (χ1n) is 6.09. The van der Waals surface area contributed by atoms with E-state index < -0.39 is 17.8 Å². The number of hydrogen-bond acceptors (Lipinski definition) is 3. The lowest BCUT2D eigenvalue weighted by atomic mass is 10.3. The van der Waals surface area contributed by atoms with Crippen molar-refractivity contribution >= 4 is 11.7 Å². The van der Waals surface area contributed by atoms with Crippen molar-refractivity contribution in [3.05, 3.63) is 29.2 Å². The monoisotopic (exact) mass is 301 g/mol. The Labute approximate surface area is 118 Å². The Morgan fingerprint density at radius 2 is 2.00 bits per heavy atom. The second-order valence-electron chi connectivity index (χ2n) is 4.63. The van der Waals surface area contributed by atoms with Gasteiger partial charge in [-0.15, -0.1) is 0 Å². The molecule has 0 atom stereocenters. The summed E-state index contributed by atoms with van der Waals surface area (Å²) < 4.78 is 39.7. The van der Waals surface area contributed by atoms with E-state index in [9.17, 15) is 18.0 Å². The number of alkyl halides is 3. The van der Waals surface area contributed by atoms with E-state index in [0.29, 0.717) is 5.82 Å². The first-order valence-corrected chi connectivity index (χ1v) is 6.09. The summed E-state index contributed by atoms with van der Waals surface area (Å²) in [4.78, 5) is 11.9. The predicted molar refractivity (Wildman–Crippen MR) is 68.5 cm³/mol. The van der Waals surface area contributed by atoms with Crippen LogP contribution in [0.1, 0.15) is 17.0 Å². The summed E-state index contributed by atoms with van der Waals surface area (Å²) in [5, 5.41) is 10.1. The quantitative estimate of drug-likeness (QED) is 0.941. The number of rotatable bonds is 3. The number of halogens is 3. The van der Waals surface area contributed by atoms with E-state index in [1.54, 1.807) is 20.9 Å². The van der Waals surface area contributed by atoms with Gasteiger partial charge in [-0.05, 0) is 19.9 Å². The van der Waals surface area contributed by atoms with Gasteiger partial charge < -0.3 is 5.32 Å². The first kappa shape index (κ1) is 15.1. The summed E-state index contributed by atoms with van der Waals surface area (Å²) in [6.45, 7) is 3.29. The van der Waals surface area contributed by atoms with Crippen LogP contribution in [0, 0.1) is 13.8 Å². The third-order valence-corrected chi connectivity index (χ3v) is 3.02. The molecule has 0 aliphatic heterocycles. The predicted octanol–water partition coefficient (Wildman–Crippen LogP) is 1.89. The Kier molecular flexibility index (Phi) is 3.75. The van der Waals surface area contributed by atoms with Crippen LogP contribution in [0.2, 0.25) is 0 Å². The van der Waals surface area contributed by atoms with Crippen molar-refractivity contribution in [1.82, 2.24) is 19.6 Å². The molecule has 2 aromatic heterocycles. The Hall–Kier alpha value is -2.32. The Morgan fingerprint density at radius 3 is 2.48 bits per heavy atom. The molecule has 1 N–H and O–H groups in total. The van der Waals surface area contributed by atoms with E-state index in [1.807, 2.05) is 0 Å². The fourth-order valence-electron chi connectivity index (χ4n) is 1.86. The highest BCUT2D eigenvalue weighted by Crippen LogP contribution is 2.27. The fraction of sp³-hybridized carbons (Fsp3) is 0.417. The molecule has 0 aliphatic carbocycles. The average Bonchev–Trinajstić information content (AvgIpc) is 2.90. The van der Waals surface area contributed by atoms with Crippen LogP contribution in [0.5, 0.6) is 0 Å². The van der Waals surface area contributed by atoms with Gasteiger partial charge in [0.05, 0.1) is 5.69 Å². The fourth-order valence-corrected chi connectivity index (χ4v) is 1.86. The van der Waals surface area contributed by atoms with Crippen LogP contribution in [0.25, 0.3) is 0 Å². The molecule has 2 rings (SSSR count). The van der Waals surface area contributed by atoms with Crippen LogP contribution in [-0.4, -0.2) is 25.5 Å². The number of nitrogens with one attached hydrogen (secondary N) is 1. The number of anilines is 1. The molecular formula is C12H14F3N5O. The molecule has 0 saturated heterocycles. The van der Waals surface area contributed by atoms with Crippen molar-refractivity contribution in [3.63, 3.8) is 0 Å². The summed E-state index contributed by atoms with van der Waals surface area (Å²) >= 11 is 0. The maximum Gasteiger partial charge on any atom is 0.435 e. The zero-order chi connectivity index (χ0) is 15.8. The molecule has 114 valence electrons. The molecule has 21 heavy (non-hydrogen) atoms. The van der Waals surface area contributed by atoms with E-state index >= 15 is 0 Å². The van der Waals surface area contributed by atoms with Crippen molar-refractivity contribution in [3.8, 4) is 0 Å². The van der Waals surface area contributed by atoms with Gasteiger partial charge in [0.15, 0.2) is 5.69 Å². The molecule has 2 aromatic rings. The van der Waals surface area contributed by atoms with Crippen LogP contribution in [0.3, 0.4) is 0 Å². The molecule has 6 nitrogen and oxygen atoms in total. The lowest BCUT2D eigenvalue weighted by molar-refractivity contribution is -0.141. The summed E-state index contributed by atoms with van der Waals surface area (Å²) in [6.07, 6.45) is -3.40. The van der Waals surface area contributed by atoms with E-state index in [4.69, 9.17) is 0 Å². The van der Waals surface area contributed by atoms with Crippen LogP contribution < -0.4 is 5.32 Å². The Balaban J connectivity index is 2.07. The molecule has 0 unspecified atom stereocenters. The summed E-state index contributed by atoms with van der Waals surface area (Å²) in [7, 11) is 1.67. The topological polar surface area (TPSA) is 64.7 Å². The first-order chi connectivity index (χ1) is 9.68. The lowest BCUT2D eigenvalue weighted by Crippen LogP contribution is -2.21. The number of aromatic nitrogens is 4. The van der Waals surface area contributed by atoms with E-state index in [-0.39, 0.29) is 6.54 Å². The molecule has 0 aliphatic rings. The van der Waals surface area contributed by atoms with Gasteiger partial charge in [-0.2, -0.15) is 23.4 Å². The van der Waals surface area contributed by atoms with Crippen molar-refractivity contribution in [2.24, 2.45) is 7.05 Å². The zero-order valence-corrected chi connectivity index (χ0v) is 11.7. The van der Waals surface area contributed by atoms with Gasteiger partial charge in [0.25, 0.3) is 0 Å². The molecule has 0 saturated carbocycles. The number of nitrogens with zero attached hydrogens (tertiary/aromatic N) is 4. The minimum atomic E-state index is -4.52. The summed E-state index contributed by atoms with van der Waals surface area (Å²) in [5.74, 6) is 0.0404. The smallest absolute Gasteiger partial charge is 0.309 e. The van der Waals surface area contributed by atoms with Crippen LogP contribution >= 0.6 is 0 Å². The van der Waals surface area contributed by atoms with E-state index in [2.05, 4.69) is 15.5 Å². The summed E-state index contributed by atoms with van der Waals surface area (Å²) in [5.41, 5.74) is 0.552. The van der Waals surface area contributed by atoms with Crippen LogP contribution in [0.15, 0.2) is 12.3 Å². The van der Waals surface area contributed by atoms with Crippen molar-refractivity contribution in [2.75, 3.05) is 5.32 Å².